The molecule has 0 aromatic heterocycles. The Kier molecular flexibility index (Phi) is 3.21. The molecule has 1 aromatic rings. The zero-order chi connectivity index (χ0) is 10.6. The fourth-order valence-electron chi connectivity index (χ4n) is 0.834. The number of oxime groups is 1. The summed E-state index contributed by atoms with van der Waals surface area (Å²) in [7, 11) is -4.76. The Balaban J connectivity index is 2.81. The lowest BCUT2D eigenvalue weighted by Crippen LogP contribution is -2.02. The highest BCUT2D eigenvalue weighted by Gasteiger charge is 1.97. The highest BCUT2D eigenvalue weighted by molar-refractivity contribution is 7.80. The summed E-state index contributed by atoms with van der Waals surface area (Å²) in [6.07, 6.45) is 0. The molecule has 0 radical (unpaired) electrons. The molecule has 0 unspecified atom stereocenters. The third-order valence-electron chi connectivity index (χ3n) is 1.46. The molecule has 0 saturated heterocycles. The Hall–Kier alpha value is -1.40. The molecule has 6 heteroatoms. The van der Waals surface area contributed by atoms with Gasteiger partial charge in [-0.15, -0.1) is 0 Å². The van der Waals surface area contributed by atoms with Crippen molar-refractivity contribution in [3.8, 4) is 0 Å². The minimum absolute atomic E-state index is 0.324. The average molecular weight is 214 g/mol. The maximum absolute atomic E-state index is 10.1. The summed E-state index contributed by atoms with van der Waals surface area (Å²) in [5, 5.41) is 3.18. The van der Waals surface area contributed by atoms with Crippen LogP contribution in [0, 0.1) is 0 Å². The van der Waals surface area contributed by atoms with Crippen LogP contribution in [0.25, 0.3) is 0 Å². The Morgan fingerprint density at radius 2 is 1.93 bits per heavy atom. The van der Waals surface area contributed by atoms with Crippen LogP contribution in [0.15, 0.2) is 35.5 Å². The van der Waals surface area contributed by atoms with E-state index in [9.17, 15) is 13.0 Å². The molecular formula is C8H8NO4S-. The monoisotopic (exact) mass is 214 g/mol. The fourth-order valence-corrected chi connectivity index (χ4v) is 1.04. The zero-order valence-corrected chi connectivity index (χ0v) is 8.19. The van der Waals surface area contributed by atoms with Crippen LogP contribution in [0.5, 0.6) is 0 Å². The molecule has 1 rings (SSSR count). The van der Waals surface area contributed by atoms with E-state index in [-0.39, 0.29) is 0 Å². The highest BCUT2D eigenvalue weighted by Crippen LogP contribution is 2.01. The Labute approximate surface area is 82.0 Å². The van der Waals surface area contributed by atoms with E-state index in [0.717, 1.165) is 0 Å². The zero-order valence-electron chi connectivity index (χ0n) is 7.38. The SMILES string of the molecule is C/C(=N\OS(=O)(=O)[O-])c1ccccc1. The summed E-state index contributed by atoms with van der Waals surface area (Å²) in [5.41, 5.74) is 1.01. The van der Waals surface area contributed by atoms with Gasteiger partial charge in [0.05, 0.1) is 5.71 Å². The van der Waals surface area contributed by atoms with Crippen molar-refractivity contribution in [3.05, 3.63) is 35.9 Å². The molecule has 0 aliphatic heterocycles. The molecule has 0 aliphatic carbocycles. The van der Waals surface area contributed by atoms with Crippen LogP contribution in [0.1, 0.15) is 12.5 Å². The van der Waals surface area contributed by atoms with E-state index < -0.39 is 10.4 Å². The second-order valence-corrected chi connectivity index (χ2v) is 3.49. The predicted octanol–water partition coefficient (Wildman–Crippen LogP) is 0.887. The summed E-state index contributed by atoms with van der Waals surface area (Å²) in [5.74, 6) is 0. The van der Waals surface area contributed by atoms with Crippen LogP contribution in [0.2, 0.25) is 0 Å². The van der Waals surface area contributed by atoms with Gasteiger partial charge in [-0.2, -0.15) is 8.42 Å². The first-order valence-electron chi connectivity index (χ1n) is 3.73. The number of hydrogen-bond donors (Lipinski definition) is 0. The molecule has 0 N–H and O–H groups in total. The van der Waals surface area contributed by atoms with Crippen LogP contribution in [0.4, 0.5) is 0 Å². The lowest BCUT2D eigenvalue weighted by Gasteiger charge is -2.03. The van der Waals surface area contributed by atoms with Crippen molar-refractivity contribution in [2.45, 2.75) is 6.92 Å². The first-order valence-corrected chi connectivity index (χ1v) is 5.07. The van der Waals surface area contributed by atoms with Crippen molar-refractivity contribution in [3.63, 3.8) is 0 Å². The first kappa shape index (κ1) is 10.7. The minimum Gasteiger partial charge on any atom is -0.714 e. The molecule has 0 aliphatic rings. The first-order chi connectivity index (χ1) is 6.49. The standard InChI is InChI=1S/C8H9NO4S/c1-7(9-13-14(10,11)12)8-5-3-2-4-6-8/h2-6H,1H3,(H,10,11,12)/p-1/b9-7+. The van der Waals surface area contributed by atoms with Gasteiger partial charge in [0, 0.05) is 0 Å². The molecular weight excluding hydrogens is 206 g/mol. The maximum atomic E-state index is 10.1. The van der Waals surface area contributed by atoms with Gasteiger partial charge in [-0.1, -0.05) is 35.5 Å². The van der Waals surface area contributed by atoms with Gasteiger partial charge in [0.15, 0.2) is 0 Å². The van der Waals surface area contributed by atoms with Crippen LogP contribution >= 0.6 is 0 Å². The van der Waals surface area contributed by atoms with Crippen molar-refractivity contribution >= 4 is 16.1 Å². The average Bonchev–Trinajstić information content (AvgIpc) is 2.14. The Bertz CT molecular complexity index is 424. The third-order valence-corrected chi connectivity index (χ3v) is 1.71. The van der Waals surface area contributed by atoms with Gasteiger partial charge in [-0.3, -0.25) is 4.28 Å². The van der Waals surface area contributed by atoms with E-state index in [2.05, 4.69) is 9.44 Å². The van der Waals surface area contributed by atoms with Crippen molar-refractivity contribution in [1.29, 1.82) is 0 Å². The largest absolute Gasteiger partial charge is 0.714 e. The summed E-state index contributed by atoms with van der Waals surface area (Å²) in [4.78, 5) is 0. The number of rotatable bonds is 3. The van der Waals surface area contributed by atoms with Gasteiger partial charge < -0.3 is 4.55 Å². The van der Waals surface area contributed by atoms with E-state index in [4.69, 9.17) is 0 Å². The summed E-state index contributed by atoms with van der Waals surface area (Å²) < 4.78 is 34.0. The molecule has 0 amide bonds. The van der Waals surface area contributed by atoms with E-state index in [1.54, 1.807) is 31.2 Å². The Morgan fingerprint density at radius 1 is 1.36 bits per heavy atom. The predicted molar refractivity (Wildman–Crippen MR) is 49.4 cm³/mol. The van der Waals surface area contributed by atoms with E-state index in [1.807, 2.05) is 6.07 Å². The van der Waals surface area contributed by atoms with Crippen LogP contribution in [-0.4, -0.2) is 18.7 Å². The van der Waals surface area contributed by atoms with Gasteiger partial charge in [0.2, 0.25) is 0 Å². The van der Waals surface area contributed by atoms with Gasteiger partial charge in [-0.25, -0.2) is 0 Å². The van der Waals surface area contributed by atoms with Crippen LogP contribution in [-0.2, 0) is 14.7 Å². The topological polar surface area (TPSA) is 78.8 Å². The van der Waals surface area contributed by atoms with Gasteiger partial charge in [0.1, 0.15) is 0 Å². The molecule has 76 valence electrons. The number of benzene rings is 1. The molecule has 0 spiro atoms. The number of hydrogen-bond acceptors (Lipinski definition) is 5. The Morgan fingerprint density at radius 3 is 2.43 bits per heavy atom. The van der Waals surface area contributed by atoms with Crippen molar-refractivity contribution in [1.82, 2.24) is 0 Å². The van der Waals surface area contributed by atoms with Crippen LogP contribution in [0.3, 0.4) is 0 Å². The quantitative estimate of drug-likeness (QED) is 0.324. The molecule has 0 heterocycles. The van der Waals surface area contributed by atoms with Gasteiger partial charge in [-0.05, 0) is 12.5 Å². The second-order valence-electron chi connectivity index (χ2n) is 2.53. The van der Waals surface area contributed by atoms with Crippen molar-refractivity contribution < 1.29 is 17.3 Å². The van der Waals surface area contributed by atoms with Crippen molar-refractivity contribution in [2.24, 2.45) is 5.16 Å². The highest BCUT2D eigenvalue weighted by atomic mass is 32.3. The fraction of sp³-hybridized carbons (Fsp3) is 0.125. The summed E-state index contributed by atoms with van der Waals surface area (Å²) in [6, 6.07) is 8.78. The molecule has 0 saturated carbocycles. The van der Waals surface area contributed by atoms with Gasteiger partial charge >= 0.3 is 0 Å². The van der Waals surface area contributed by atoms with Gasteiger partial charge in [0.25, 0.3) is 10.4 Å². The van der Waals surface area contributed by atoms with Crippen molar-refractivity contribution in [2.75, 3.05) is 0 Å². The smallest absolute Gasteiger partial charge is 0.284 e. The molecule has 0 atom stereocenters. The van der Waals surface area contributed by atoms with E-state index in [0.29, 0.717) is 11.3 Å². The van der Waals surface area contributed by atoms with E-state index in [1.165, 1.54) is 0 Å². The molecule has 5 nitrogen and oxygen atoms in total. The van der Waals surface area contributed by atoms with E-state index >= 15 is 0 Å². The maximum Gasteiger partial charge on any atom is 0.284 e. The molecule has 0 fully saturated rings. The second kappa shape index (κ2) is 4.21. The molecule has 14 heavy (non-hydrogen) atoms. The minimum atomic E-state index is -4.76. The summed E-state index contributed by atoms with van der Waals surface area (Å²) >= 11 is 0. The summed E-state index contributed by atoms with van der Waals surface area (Å²) in [6.45, 7) is 1.54. The lowest BCUT2D eigenvalue weighted by atomic mass is 10.1. The normalized spacial score (nSPS) is 12.6. The number of nitrogens with zero attached hydrogens (tertiary/aromatic N) is 1. The van der Waals surface area contributed by atoms with Crippen LogP contribution < -0.4 is 0 Å². The molecule has 0 bridgehead atoms. The lowest BCUT2D eigenvalue weighted by molar-refractivity contribution is 0.274. The third kappa shape index (κ3) is 3.55. The molecule has 1 aromatic carbocycles.